The average Bonchev–Trinajstić information content (AvgIpc) is 3.39. The Hall–Kier alpha value is -4.73. The first-order valence-electron chi connectivity index (χ1n) is 14.4. The lowest BCUT2D eigenvalue weighted by molar-refractivity contribution is -0.114. The van der Waals surface area contributed by atoms with Gasteiger partial charge in [-0.3, -0.25) is 14.5 Å². The van der Waals surface area contributed by atoms with Gasteiger partial charge in [0, 0.05) is 42.3 Å². The highest BCUT2D eigenvalue weighted by atomic mass is 32.1. The van der Waals surface area contributed by atoms with Gasteiger partial charge < -0.3 is 19.4 Å². The highest BCUT2D eigenvalue weighted by Gasteiger charge is 2.25. The second-order valence-corrected chi connectivity index (χ2v) is 11.5. The van der Waals surface area contributed by atoms with E-state index in [1.165, 1.54) is 18.3 Å². The molecule has 5 rings (SSSR count). The summed E-state index contributed by atoms with van der Waals surface area (Å²) < 4.78 is 12.9. The van der Waals surface area contributed by atoms with Crippen molar-refractivity contribution in [3.8, 4) is 16.2 Å². The molecule has 2 aromatic heterocycles. The molecule has 0 fully saturated rings. The molecular weight excluding hydrogens is 574 g/mol. The number of pyridine rings is 1. The van der Waals surface area contributed by atoms with Crippen molar-refractivity contribution in [2.75, 3.05) is 26.1 Å². The third kappa shape index (κ3) is 6.74. The number of benzene rings is 3. The minimum Gasteiger partial charge on any atom is -0.496 e. The largest absolute Gasteiger partial charge is 0.496 e. The second-order valence-electron chi connectivity index (χ2n) is 10.5. The lowest BCUT2D eigenvalue weighted by Crippen LogP contribution is -2.23. The number of amides is 1. The third-order valence-corrected chi connectivity index (χ3v) is 8.54. The van der Waals surface area contributed by atoms with Crippen molar-refractivity contribution in [1.29, 1.82) is 0 Å². The van der Waals surface area contributed by atoms with E-state index in [1.807, 2.05) is 78.3 Å². The van der Waals surface area contributed by atoms with Crippen molar-refractivity contribution in [1.82, 2.24) is 9.47 Å². The quantitative estimate of drug-likeness (QED) is 0.171. The zero-order valence-corrected chi connectivity index (χ0v) is 26.1. The van der Waals surface area contributed by atoms with Crippen LogP contribution in [0, 0.1) is 0 Å². The van der Waals surface area contributed by atoms with Crippen LogP contribution in [0.1, 0.15) is 40.9 Å². The van der Waals surface area contributed by atoms with E-state index in [0.717, 1.165) is 32.0 Å². The van der Waals surface area contributed by atoms with Crippen LogP contribution >= 0.6 is 11.3 Å². The van der Waals surface area contributed by atoms with Crippen LogP contribution in [0.4, 0.5) is 5.69 Å². The first kappa shape index (κ1) is 30.7. The van der Waals surface area contributed by atoms with Gasteiger partial charge in [0.1, 0.15) is 16.1 Å². The van der Waals surface area contributed by atoms with Gasteiger partial charge >= 0.3 is 5.97 Å². The number of methoxy groups -OCH3 is 1. The second kappa shape index (κ2) is 13.7. The summed E-state index contributed by atoms with van der Waals surface area (Å²) in [4.78, 5) is 42.7. The third-order valence-electron chi connectivity index (χ3n) is 7.23. The summed E-state index contributed by atoms with van der Waals surface area (Å²) in [6.07, 6.45) is 1.60. The number of thiophene rings is 1. The number of carbonyl (C=O) groups is 2. The summed E-state index contributed by atoms with van der Waals surface area (Å²) in [5.74, 6) is -0.0860. The van der Waals surface area contributed by atoms with Gasteiger partial charge in [-0.2, -0.15) is 0 Å². The molecule has 44 heavy (non-hydrogen) atoms. The Kier molecular flexibility index (Phi) is 9.57. The van der Waals surface area contributed by atoms with Crippen LogP contribution in [0.15, 0.2) is 89.9 Å². The fourth-order valence-corrected chi connectivity index (χ4v) is 6.59. The zero-order valence-electron chi connectivity index (χ0n) is 25.3. The average molecular weight is 610 g/mol. The van der Waals surface area contributed by atoms with Crippen LogP contribution in [-0.2, 0) is 29.2 Å². The Morgan fingerprint density at radius 1 is 0.955 bits per heavy atom. The molecular formula is C35H35N3O5S. The number of para-hydroxylation sites is 1. The van der Waals surface area contributed by atoms with Crippen molar-refractivity contribution < 1.29 is 19.1 Å². The number of nitrogens with zero attached hydrogens (tertiary/aromatic N) is 2. The SMILES string of the molecule is CCOC(=O)c1cn(Cc2ccccc2OC)c2sc(-c3ccc(NC(C)=O)cc3)c(CN(C)Cc3ccccc3)c2c1=O. The first-order valence-corrected chi connectivity index (χ1v) is 15.2. The van der Waals surface area contributed by atoms with E-state index >= 15 is 0 Å². The number of aromatic nitrogens is 1. The van der Waals surface area contributed by atoms with Crippen LogP contribution in [0.2, 0.25) is 0 Å². The number of carbonyl (C=O) groups excluding carboxylic acids is 2. The van der Waals surface area contributed by atoms with Crippen LogP contribution in [0.25, 0.3) is 20.7 Å². The van der Waals surface area contributed by atoms with E-state index in [2.05, 4.69) is 22.3 Å². The van der Waals surface area contributed by atoms with E-state index in [4.69, 9.17) is 9.47 Å². The van der Waals surface area contributed by atoms with Gasteiger partial charge in [0.25, 0.3) is 0 Å². The van der Waals surface area contributed by atoms with E-state index in [0.29, 0.717) is 36.5 Å². The molecule has 0 saturated carbocycles. The predicted molar refractivity (Wildman–Crippen MR) is 175 cm³/mol. The molecule has 1 amide bonds. The topological polar surface area (TPSA) is 89.9 Å². The van der Waals surface area contributed by atoms with Gasteiger partial charge in [-0.1, -0.05) is 60.7 Å². The summed E-state index contributed by atoms with van der Waals surface area (Å²) in [5, 5.41) is 3.31. The molecule has 226 valence electrons. The van der Waals surface area contributed by atoms with Gasteiger partial charge in [-0.25, -0.2) is 4.79 Å². The number of hydrogen-bond donors (Lipinski definition) is 1. The van der Waals surface area contributed by atoms with E-state index in [-0.39, 0.29) is 23.5 Å². The van der Waals surface area contributed by atoms with Crippen molar-refractivity contribution in [3.05, 3.63) is 118 Å². The van der Waals surface area contributed by atoms with Gasteiger partial charge in [0.2, 0.25) is 11.3 Å². The molecule has 3 aromatic carbocycles. The minimum atomic E-state index is -0.649. The molecule has 0 aliphatic rings. The van der Waals surface area contributed by atoms with Crippen LogP contribution < -0.4 is 15.5 Å². The van der Waals surface area contributed by atoms with Gasteiger partial charge in [-0.15, -0.1) is 11.3 Å². The van der Waals surface area contributed by atoms with Crippen LogP contribution in [-0.4, -0.2) is 42.1 Å². The monoisotopic (exact) mass is 609 g/mol. The van der Waals surface area contributed by atoms with Crippen molar-refractivity contribution in [2.24, 2.45) is 0 Å². The Labute approximate surface area is 260 Å². The number of fused-ring (bicyclic) bond motifs is 1. The number of esters is 1. The predicted octanol–water partition coefficient (Wildman–Crippen LogP) is 6.55. The van der Waals surface area contributed by atoms with Gasteiger partial charge in [0.15, 0.2) is 0 Å². The van der Waals surface area contributed by atoms with Gasteiger partial charge in [0.05, 0.1) is 25.6 Å². The fraction of sp³-hybridized carbons (Fsp3) is 0.229. The summed E-state index contributed by atoms with van der Waals surface area (Å²) in [7, 11) is 3.64. The summed E-state index contributed by atoms with van der Waals surface area (Å²) in [6, 6.07) is 25.4. The Morgan fingerprint density at radius 2 is 1.66 bits per heavy atom. The maximum absolute atomic E-state index is 14.2. The molecule has 0 aliphatic carbocycles. The normalized spacial score (nSPS) is 11.1. The van der Waals surface area contributed by atoms with E-state index < -0.39 is 5.97 Å². The number of ether oxygens (including phenoxy) is 2. The smallest absolute Gasteiger partial charge is 0.343 e. The van der Waals surface area contributed by atoms with Crippen molar-refractivity contribution in [2.45, 2.75) is 33.5 Å². The minimum absolute atomic E-state index is 0.00781. The number of anilines is 1. The Bertz CT molecular complexity index is 1840. The standard InChI is InChI=1S/C35H35N3O5S/c1-5-43-35(41)29-22-38(20-26-13-9-10-14-30(26)42-4)34-31(32(29)40)28(21-37(3)19-24-11-7-6-8-12-24)33(44-34)25-15-17-27(18-16-25)36-23(2)39/h6-18,22H,5,19-21H2,1-4H3,(H,36,39). The van der Waals surface area contributed by atoms with Crippen LogP contribution in [0.3, 0.4) is 0 Å². The lowest BCUT2D eigenvalue weighted by atomic mass is 10.0. The molecule has 0 atom stereocenters. The Morgan fingerprint density at radius 3 is 2.34 bits per heavy atom. The van der Waals surface area contributed by atoms with Gasteiger partial charge in [-0.05, 0) is 48.9 Å². The summed E-state index contributed by atoms with van der Waals surface area (Å²) >= 11 is 1.51. The highest BCUT2D eigenvalue weighted by molar-refractivity contribution is 7.22. The van der Waals surface area contributed by atoms with Crippen molar-refractivity contribution >= 4 is 39.1 Å². The highest BCUT2D eigenvalue weighted by Crippen LogP contribution is 2.39. The molecule has 0 saturated heterocycles. The van der Waals surface area contributed by atoms with E-state index in [9.17, 15) is 14.4 Å². The fourth-order valence-electron chi connectivity index (χ4n) is 5.30. The van der Waals surface area contributed by atoms with Crippen molar-refractivity contribution in [3.63, 3.8) is 0 Å². The molecule has 5 aromatic rings. The molecule has 9 heteroatoms. The molecule has 2 heterocycles. The molecule has 0 unspecified atom stereocenters. The first-order chi connectivity index (χ1) is 21.3. The molecule has 1 N–H and O–H groups in total. The summed E-state index contributed by atoms with van der Waals surface area (Å²) in [5.41, 5.74) is 4.13. The lowest BCUT2D eigenvalue weighted by Gasteiger charge is -2.18. The maximum atomic E-state index is 14.2. The molecule has 0 radical (unpaired) electrons. The number of rotatable bonds is 11. The zero-order chi connectivity index (χ0) is 31.2. The van der Waals surface area contributed by atoms with Crippen LogP contribution in [0.5, 0.6) is 5.75 Å². The molecule has 0 bridgehead atoms. The Balaban J connectivity index is 1.72. The summed E-state index contributed by atoms with van der Waals surface area (Å²) in [6.45, 7) is 4.87. The number of hydrogen-bond acceptors (Lipinski definition) is 7. The molecule has 0 aliphatic heterocycles. The molecule has 0 spiro atoms. The number of nitrogens with one attached hydrogen (secondary N) is 1. The molecule has 8 nitrogen and oxygen atoms in total. The van der Waals surface area contributed by atoms with E-state index in [1.54, 1.807) is 20.2 Å². The maximum Gasteiger partial charge on any atom is 0.343 e.